The van der Waals surface area contributed by atoms with E-state index in [9.17, 15) is 22.4 Å². The Labute approximate surface area is 165 Å². The van der Waals surface area contributed by atoms with E-state index in [4.69, 9.17) is 0 Å². The van der Waals surface area contributed by atoms with Gasteiger partial charge in [0.15, 0.2) is 0 Å². The van der Waals surface area contributed by atoms with E-state index in [2.05, 4.69) is 4.72 Å². The molecule has 28 heavy (non-hydrogen) atoms. The van der Waals surface area contributed by atoms with Crippen LogP contribution < -0.4 is 4.72 Å². The fourth-order valence-electron chi connectivity index (χ4n) is 3.07. The number of carbonyl (C=O) groups is 2. The van der Waals surface area contributed by atoms with Crippen molar-refractivity contribution >= 4 is 21.8 Å². The molecule has 1 saturated heterocycles. The summed E-state index contributed by atoms with van der Waals surface area (Å²) in [5.41, 5.74) is 0. The first kappa shape index (κ1) is 22.3. The van der Waals surface area contributed by atoms with Crippen molar-refractivity contribution in [2.45, 2.75) is 38.6 Å². The van der Waals surface area contributed by atoms with Crippen molar-refractivity contribution in [1.29, 1.82) is 0 Å². The van der Waals surface area contributed by atoms with Crippen LogP contribution in [0.3, 0.4) is 0 Å². The highest BCUT2D eigenvalue weighted by molar-refractivity contribution is 7.89. The summed E-state index contributed by atoms with van der Waals surface area (Å²) in [5.74, 6) is -1.65. The second-order valence-electron chi connectivity index (χ2n) is 7.58. The van der Waals surface area contributed by atoms with Gasteiger partial charge in [0.05, 0.1) is 0 Å². The third kappa shape index (κ3) is 5.08. The summed E-state index contributed by atoms with van der Waals surface area (Å²) in [4.78, 5) is 27.8. The number of amides is 2. The number of hydrogen-bond acceptors (Lipinski definition) is 4. The van der Waals surface area contributed by atoms with Gasteiger partial charge in [0.1, 0.15) is 16.8 Å². The van der Waals surface area contributed by atoms with E-state index in [-0.39, 0.29) is 23.7 Å². The molecular weight excluding hydrogens is 385 g/mol. The highest BCUT2D eigenvalue weighted by Crippen LogP contribution is 2.17. The Hall–Kier alpha value is -2.00. The quantitative estimate of drug-likeness (QED) is 0.765. The Kier molecular flexibility index (Phi) is 7.16. The number of carbonyl (C=O) groups excluding carboxylic acids is 2. The van der Waals surface area contributed by atoms with Crippen LogP contribution in [0.15, 0.2) is 29.2 Å². The summed E-state index contributed by atoms with van der Waals surface area (Å²) in [5, 5.41) is 0. The second kappa shape index (κ2) is 9.00. The lowest BCUT2D eigenvalue weighted by molar-refractivity contribution is -0.142. The van der Waals surface area contributed by atoms with Crippen molar-refractivity contribution in [2.75, 3.05) is 26.2 Å². The van der Waals surface area contributed by atoms with Crippen LogP contribution in [0.2, 0.25) is 0 Å². The lowest BCUT2D eigenvalue weighted by Gasteiger charge is -2.37. The standard InChI is InChI=1S/C19H28FN3O4S/c1-13(2)17(21-28(26,27)16-8-6-5-7-15(16)20)19(25)23-11-9-22(10-12-23)18(24)14(3)4/h5-8,13-14,17,21H,9-12H2,1-4H3/t17-/m0/s1. The summed E-state index contributed by atoms with van der Waals surface area (Å²) < 4.78 is 41.5. The minimum Gasteiger partial charge on any atom is -0.339 e. The number of nitrogens with zero attached hydrogens (tertiary/aromatic N) is 2. The molecule has 0 radical (unpaired) electrons. The van der Waals surface area contributed by atoms with E-state index in [0.717, 1.165) is 12.1 Å². The number of piperazine rings is 1. The first-order valence-corrected chi connectivity index (χ1v) is 10.9. The van der Waals surface area contributed by atoms with Crippen LogP contribution in [0.1, 0.15) is 27.7 Å². The summed E-state index contributed by atoms with van der Waals surface area (Å²) in [7, 11) is -4.19. The summed E-state index contributed by atoms with van der Waals surface area (Å²) in [6.45, 7) is 8.60. The fourth-order valence-corrected chi connectivity index (χ4v) is 4.49. The average Bonchev–Trinajstić information content (AvgIpc) is 2.65. The Balaban J connectivity index is 2.11. The van der Waals surface area contributed by atoms with Crippen LogP contribution in [-0.4, -0.2) is 62.3 Å². The molecule has 0 bridgehead atoms. The van der Waals surface area contributed by atoms with E-state index >= 15 is 0 Å². The van der Waals surface area contributed by atoms with Crippen LogP contribution in [0.25, 0.3) is 0 Å². The van der Waals surface area contributed by atoms with E-state index in [1.807, 2.05) is 13.8 Å². The van der Waals surface area contributed by atoms with Gasteiger partial charge in [0.25, 0.3) is 0 Å². The molecule has 2 rings (SSSR count). The Morgan fingerprint density at radius 3 is 1.93 bits per heavy atom. The first-order chi connectivity index (χ1) is 13.0. The number of benzene rings is 1. The zero-order valence-electron chi connectivity index (χ0n) is 16.7. The maximum Gasteiger partial charge on any atom is 0.244 e. The van der Waals surface area contributed by atoms with E-state index in [1.54, 1.807) is 23.6 Å². The molecule has 0 spiro atoms. The first-order valence-electron chi connectivity index (χ1n) is 9.39. The van der Waals surface area contributed by atoms with E-state index < -0.39 is 26.8 Å². The van der Waals surface area contributed by atoms with Crippen molar-refractivity contribution in [2.24, 2.45) is 11.8 Å². The van der Waals surface area contributed by atoms with Crippen molar-refractivity contribution in [1.82, 2.24) is 14.5 Å². The van der Waals surface area contributed by atoms with Crippen molar-refractivity contribution in [3.05, 3.63) is 30.1 Å². The zero-order valence-corrected chi connectivity index (χ0v) is 17.5. The molecule has 0 aliphatic carbocycles. The Morgan fingerprint density at radius 2 is 1.46 bits per heavy atom. The summed E-state index contributed by atoms with van der Waals surface area (Å²) in [6, 6.07) is 4.03. The lowest BCUT2D eigenvalue weighted by atomic mass is 10.0. The largest absolute Gasteiger partial charge is 0.339 e. The highest BCUT2D eigenvalue weighted by Gasteiger charge is 2.34. The lowest BCUT2D eigenvalue weighted by Crippen LogP contribution is -2.57. The third-order valence-electron chi connectivity index (χ3n) is 4.74. The molecule has 0 unspecified atom stereocenters. The molecular formula is C19H28FN3O4S. The van der Waals surface area contributed by atoms with Gasteiger partial charge in [-0.2, -0.15) is 4.72 Å². The SMILES string of the molecule is CC(C)C(=O)N1CCN(C(=O)[C@@H](NS(=O)(=O)c2ccccc2F)C(C)C)CC1. The normalized spacial score (nSPS) is 16.5. The minimum absolute atomic E-state index is 0.0350. The van der Waals surface area contributed by atoms with Crippen LogP contribution >= 0.6 is 0 Å². The third-order valence-corrected chi connectivity index (χ3v) is 6.21. The van der Waals surface area contributed by atoms with Gasteiger partial charge < -0.3 is 9.80 Å². The van der Waals surface area contributed by atoms with Gasteiger partial charge in [-0.15, -0.1) is 0 Å². The van der Waals surface area contributed by atoms with Gasteiger partial charge in [0.2, 0.25) is 21.8 Å². The van der Waals surface area contributed by atoms with Gasteiger partial charge in [-0.1, -0.05) is 39.8 Å². The monoisotopic (exact) mass is 413 g/mol. The number of hydrogen-bond donors (Lipinski definition) is 1. The number of sulfonamides is 1. The fraction of sp³-hybridized carbons (Fsp3) is 0.579. The molecule has 0 aromatic heterocycles. The molecule has 7 nitrogen and oxygen atoms in total. The predicted octanol–water partition coefficient (Wildman–Crippen LogP) is 1.46. The molecule has 1 atom stereocenters. The molecule has 1 fully saturated rings. The van der Waals surface area contributed by atoms with Crippen molar-refractivity contribution < 1.29 is 22.4 Å². The Bertz CT molecular complexity index is 818. The molecule has 1 heterocycles. The molecule has 1 aliphatic rings. The second-order valence-corrected chi connectivity index (χ2v) is 9.26. The maximum absolute atomic E-state index is 13.9. The van der Waals surface area contributed by atoms with Crippen LogP contribution in [0.5, 0.6) is 0 Å². The topological polar surface area (TPSA) is 86.8 Å². The van der Waals surface area contributed by atoms with Gasteiger partial charge in [-0.3, -0.25) is 9.59 Å². The smallest absolute Gasteiger partial charge is 0.244 e. The number of nitrogens with one attached hydrogen (secondary N) is 1. The van der Waals surface area contributed by atoms with E-state index in [0.29, 0.717) is 26.2 Å². The molecule has 1 N–H and O–H groups in total. The van der Waals surface area contributed by atoms with Crippen molar-refractivity contribution in [3.8, 4) is 0 Å². The van der Waals surface area contributed by atoms with E-state index in [1.165, 1.54) is 12.1 Å². The summed E-state index contributed by atoms with van der Waals surface area (Å²) >= 11 is 0. The van der Waals surface area contributed by atoms with Crippen LogP contribution in [0, 0.1) is 17.7 Å². The van der Waals surface area contributed by atoms with Gasteiger partial charge in [-0.05, 0) is 18.1 Å². The highest BCUT2D eigenvalue weighted by atomic mass is 32.2. The molecule has 156 valence electrons. The molecule has 1 aromatic carbocycles. The van der Waals surface area contributed by atoms with Gasteiger partial charge in [0, 0.05) is 32.1 Å². The summed E-state index contributed by atoms with van der Waals surface area (Å²) in [6.07, 6.45) is 0. The zero-order chi connectivity index (χ0) is 21.1. The number of rotatable bonds is 6. The minimum atomic E-state index is -4.19. The molecule has 1 aliphatic heterocycles. The predicted molar refractivity (Wildman–Crippen MR) is 103 cm³/mol. The molecule has 2 amide bonds. The number of halogens is 1. The average molecular weight is 414 g/mol. The van der Waals surface area contributed by atoms with Crippen molar-refractivity contribution in [3.63, 3.8) is 0 Å². The maximum atomic E-state index is 13.9. The van der Waals surface area contributed by atoms with Crippen LogP contribution in [0.4, 0.5) is 4.39 Å². The molecule has 0 saturated carbocycles. The van der Waals surface area contributed by atoms with Gasteiger partial charge in [-0.25, -0.2) is 12.8 Å². The van der Waals surface area contributed by atoms with Crippen LogP contribution in [-0.2, 0) is 19.6 Å². The van der Waals surface area contributed by atoms with Gasteiger partial charge >= 0.3 is 0 Å². The molecule has 1 aromatic rings. The molecule has 9 heteroatoms. The Morgan fingerprint density at radius 1 is 0.964 bits per heavy atom.